The molecule has 1 fully saturated rings. The van der Waals surface area contributed by atoms with E-state index in [0.29, 0.717) is 11.3 Å². The van der Waals surface area contributed by atoms with E-state index in [1.807, 2.05) is 24.3 Å². The zero-order valence-corrected chi connectivity index (χ0v) is 15.3. The summed E-state index contributed by atoms with van der Waals surface area (Å²) in [6, 6.07) is 14.9. The van der Waals surface area contributed by atoms with E-state index in [-0.39, 0.29) is 17.7 Å². The van der Waals surface area contributed by atoms with Crippen LogP contribution in [0.25, 0.3) is 0 Å². The number of carbonyl (C=O) groups excluding carboxylic acids is 2. The molecule has 5 nitrogen and oxygen atoms in total. The number of nitrogens with one attached hydrogen (secondary N) is 2. The first-order valence-electron chi connectivity index (χ1n) is 9.18. The zero-order valence-electron chi connectivity index (χ0n) is 15.3. The predicted molar refractivity (Wildman–Crippen MR) is 106 cm³/mol. The second kappa shape index (κ2) is 8.04. The molecule has 1 saturated carbocycles. The third kappa shape index (κ3) is 4.42. The van der Waals surface area contributed by atoms with Crippen LogP contribution in [0.15, 0.2) is 48.5 Å². The highest BCUT2D eigenvalue weighted by Crippen LogP contribution is 2.30. The van der Waals surface area contributed by atoms with E-state index < -0.39 is 0 Å². The molecule has 2 aromatic carbocycles. The average Bonchev–Trinajstić information content (AvgIpc) is 3.49. The number of anilines is 3. The lowest BCUT2D eigenvalue weighted by Gasteiger charge is -2.21. The summed E-state index contributed by atoms with van der Waals surface area (Å²) >= 11 is 0. The Bertz CT molecular complexity index is 778. The SMILES string of the molecule is CCN(CC)c1ccc(NC(=O)c2cccc(NC(=O)C3CC3)c2)cc1. The standard InChI is InChI=1S/C21H25N3O2/c1-3-24(4-2)19-12-10-17(11-13-19)22-21(26)16-6-5-7-18(14-16)23-20(25)15-8-9-15/h5-7,10-15H,3-4,8-9H2,1-2H3,(H,22,26)(H,23,25). The van der Waals surface area contributed by atoms with E-state index in [4.69, 9.17) is 0 Å². The summed E-state index contributed by atoms with van der Waals surface area (Å²) in [4.78, 5) is 26.6. The van der Waals surface area contributed by atoms with Crippen LogP contribution in [0.4, 0.5) is 17.1 Å². The minimum Gasteiger partial charge on any atom is -0.372 e. The number of benzene rings is 2. The molecule has 0 atom stereocenters. The maximum Gasteiger partial charge on any atom is 0.255 e. The summed E-state index contributed by atoms with van der Waals surface area (Å²) in [6.07, 6.45) is 1.91. The smallest absolute Gasteiger partial charge is 0.255 e. The van der Waals surface area contributed by atoms with Crippen molar-refractivity contribution in [1.82, 2.24) is 0 Å². The Morgan fingerprint density at radius 1 is 0.962 bits per heavy atom. The number of amides is 2. The van der Waals surface area contributed by atoms with Gasteiger partial charge in [0, 0.05) is 41.6 Å². The van der Waals surface area contributed by atoms with E-state index >= 15 is 0 Å². The molecule has 2 aromatic rings. The predicted octanol–water partition coefficient (Wildman–Crippen LogP) is 4.13. The third-order valence-corrected chi connectivity index (χ3v) is 4.59. The molecule has 0 heterocycles. The van der Waals surface area contributed by atoms with Gasteiger partial charge in [0.25, 0.3) is 5.91 Å². The van der Waals surface area contributed by atoms with Crippen molar-refractivity contribution in [3.63, 3.8) is 0 Å². The molecule has 0 unspecified atom stereocenters. The molecule has 136 valence electrons. The van der Waals surface area contributed by atoms with Crippen LogP contribution in [-0.2, 0) is 4.79 Å². The summed E-state index contributed by atoms with van der Waals surface area (Å²) in [6.45, 7) is 6.13. The first kappa shape index (κ1) is 18.0. The van der Waals surface area contributed by atoms with Crippen molar-refractivity contribution in [3.05, 3.63) is 54.1 Å². The van der Waals surface area contributed by atoms with Crippen LogP contribution in [0.3, 0.4) is 0 Å². The molecule has 3 rings (SSSR count). The van der Waals surface area contributed by atoms with Crippen LogP contribution in [0.2, 0.25) is 0 Å². The normalized spacial score (nSPS) is 13.2. The van der Waals surface area contributed by atoms with Crippen molar-refractivity contribution in [3.8, 4) is 0 Å². The molecular formula is C21H25N3O2. The zero-order chi connectivity index (χ0) is 18.5. The Balaban J connectivity index is 1.65. The monoisotopic (exact) mass is 351 g/mol. The molecule has 1 aliphatic rings. The van der Waals surface area contributed by atoms with Gasteiger partial charge in [-0.15, -0.1) is 0 Å². The van der Waals surface area contributed by atoms with Gasteiger partial charge in [-0.3, -0.25) is 9.59 Å². The highest BCUT2D eigenvalue weighted by atomic mass is 16.2. The number of hydrogen-bond acceptors (Lipinski definition) is 3. The molecule has 1 aliphatic carbocycles. The van der Waals surface area contributed by atoms with Crippen LogP contribution in [0.1, 0.15) is 37.0 Å². The maximum atomic E-state index is 12.5. The molecule has 2 N–H and O–H groups in total. The topological polar surface area (TPSA) is 61.4 Å². The van der Waals surface area contributed by atoms with Crippen molar-refractivity contribution in [2.24, 2.45) is 5.92 Å². The van der Waals surface area contributed by atoms with Crippen LogP contribution in [0.5, 0.6) is 0 Å². The summed E-state index contributed by atoms with van der Waals surface area (Å²) < 4.78 is 0. The average molecular weight is 351 g/mol. The third-order valence-electron chi connectivity index (χ3n) is 4.59. The minimum absolute atomic E-state index is 0.0366. The molecule has 0 spiro atoms. The van der Waals surface area contributed by atoms with Gasteiger partial charge < -0.3 is 15.5 Å². The van der Waals surface area contributed by atoms with Gasteiger partial charge in [-0.05, 0) is 69.2 Å². The Morgan fingerprint density at radius 3 is 2.27 bits per heavy atom. The van der Waals surface area contributed by atoms with Crippen LogP contribution < -0.4 is 15.5 Å². The van der Waals surface area contributed by atoms with Crippen molar-refractivity contribution in [1.29, 1.82) is 0 Å². The van der Waals surface area contributed by atoms with E-state index in [9.17, 15) is 9.59 Å². The molecule has 0 radical (unpaired) electrons. The van der Waals surface area contributed by atoms with Crippen LogP contribution in [0, 0.1) is 5.92 Å². The lowest BCUT2D eigenvalue weighted by molar-refractivity contribution is -0.117. The van der Waals surface area contributed by atoms with Gasteiger partial charge in [0.2, 0.25) is 5.91 Å². The van der Waals surface area contributed by atoms with Crippen molar-refractivity contribution >= 4 is 28.9 Å². The maximum absolute atomic E-state index is 12.5. The first-order valence-corrected chi connectivity index (χ1v) is 9.18. The summed E-state index contributed by atoms with van der Waals surface area (Å²) in [5.41, 5.74) is 3.06. The molecule has 2 amide bonds. The fourth-order valence-corrected chi connectivity index (χ4v) is 2.88. The Labute approximate surface area is 154 Å². The van der Waals surface area contributed by atoms with E-state index in [1.54, 1.807) is 24.3 Å². The summed E-state index contributed by atoms with van der Waals surface area (Å²) in [5, 5.41) is 5.78. The lowest BCUT2D eigenvalue weighted by Crippen LogP contribution is -2.21. The number of nitrogens with zero attached hydrogens (tertiary/aromatic N) is 1. The molecule has 5 heteroatoms. The second-order valence-electron chi connectivity index (χ2n) is 6.52. The number of carbonyl (C=O) groups is 2. The van der Waals surface area contributed by atoms with Gasteiger partial charge >= 0.3 is 0 Å². The van der Waals surface area contributed by atoms with E-state index in [0.717, 1.165) is 37.3 Å². The molecule has 0 bridgehead atoms. The van der Waals surface area contributed by atoms with Crippen LogP contribution >= 0.6 is 0 Å². The molecule has 26 heavy (non-hydrogen) atoms. The van der Waals surface area contributed by atoms with Gasteiger partial charge in [-0.25, -0.2) is 0 Å². The number of hydrogen-bond donors (Lipinski definition) is 2. The minimum atomic E-state index is -0.192. The molecule has 0 saturated heterocycles. The fourth-order valence-electron chi connectivity index (χ4n) is 2.88. The highest BCUT2D eigenvalue weighted by Gasteiger charge is 2.29. The molecular weight excluding hydrogens is 326 g/mol. The van der Waals surface area contributed by atoms with Crippen LogP contribution in [-0.4, -0.2) is 24.9 Å². The summed E-state index contributed by atoms with van der Waals surface area (Å²) in [7, 11) is 0. The van der Waals surface area contributed by atoms with Gasteiger partial charge in [0.15, 0.2) is 0 Å². The largest absolute Gasteiger partial charge is 0.372 e. The second-order valence-corrected chi connectivity index (χ2v) is 6.52. The number of rotatable bonds is 7. The van der Waals surface area contributed by atoms with E-state index in [1.165, 1.54) is 0 Å². The van der Waals surface area contributed by atoms with Gasteiger partial charge in [-0.1, -0.05) is 6.07 Å². The molecule has 0 aliphatic heterocycles. The van der Waals surface area contributed by atoms with E-state index in [2.05, 4.69) is 29.4 Å². The Morgan fingerprint density at radius 2 is 1.65 bits per heavy atom. The quantitative estimate of drug-likeness (QED) is 0.788. The highest BCUT2D eigenvalue weighted by molar-refractivity contribution is 6.05. The van der Waals surface area contributed by atoms with Gasteiger partial charge in [0.1, 0.15) is 0 Å². The first-order chi connectivity index (χ1) is 12.6. The van der Waals surface area contributed by atoms with Crippen molar-refractivity contribution in [2.75, 3.05) is 28.6 Å². The summed E-state index contributed by atoms with van der Waals surface area (Å²) in [5.74, 6) is -0.0190. The lowest BCUT2D eigenvalue weighted by atomic mass is 10.1. The van der Waals surface area contributed by atoms with Crippen molar-refractivity contribution < 1.29 is 9.59 Å². The Kier molecular flexibility index (Phi) is 5.56. The van der Waals surface area contributed by atoms with Gasteiger partial charge in [-0.2, -0.15) is 0 Å². The van der Waals surface area contributed by atoms with Crippen molar-refractivity contribution in [2.45, 2.75) is 26.7 Å². The Hall–Kier alpha value is -2.82. The van der Waals surface area contributed by atoms with Gasteiger partial charge in [0.05, 0.1) is 0 Å². The molecule has 0 aromatic heterocycles. The fraction of sp³-hybridized carbons (Fsp3) is 0.333.